The van der Waals surface area contributed by atoms with Crippen LogP contribution in [0.25, 0.3) is 0 Å². The van der Waals surface area contributed by atoms with Crippen molar-refractivity contribution in [3.05, 3.63) is 106 Å². The van der Waals surface area contributed by atoms with Gasteiger partial charge >= 0.3 is 0 Å². The lowest BCUT2D eigenvalue weighted by Crippen LogP contribution is -2.51. The summed E-state index contributed by atoms with van der Waals surface area (Å²) in [6.07, 6.45) is 2.59. The largest absolute Gasteiger partial charge is 0.354 e. The summed E-state index contributed by atoms with van der Waals surface area (Å²) in [6, 6.07) is 24.6. The molecule has 0 aliphatic heterocycles. The van der Waals surface area contributed by atoms with E-state index >= 15 is 0 Å². The van der Waals surface area contributed by atoms with E-state index in [4.69, 9.17) is 11.6 Å². The summed E-state index contributed by atoms with van der Waals surface area (Å²) >= 11 is 6.08. The van der Waals surface area contributed by atoms with Crippen molar-refractivity contribution in [3.63, 3.8) is 0 Å². The van der Waals surface area contributed by atoms with Crippen molar-refractivity contribution in [1.82, 2.24) is 10.2 Å². The summed E-state index contributed by atoms with van der Waals surface area (Å²) in [7, 11) is 0. The number of halogens is 1. The first-order chi connectivity index (χ1) is 16.5. The predicted octanol–water partition coefficient (Wildman–Crippen LogP) is 5.75. The Balaban J connectivity index is 1.94. The Labute approximate surface area is 207 Å². The molecule has 1 atom stereocenters. The van der Waals surface area contributed by atoms with Gasteiger partial charge in [0, 0.05) is 24.5 Å². The van der Waals surface area contributed by atoms with Crippen LogP contribution >= 0.6 is 11.6 Å². The van der Waals surface area contributed by atoms with E-state index in [2.05, 4.69) is 12.2 Å². The van der Waals surface area contributed by atoms with Crippen LogP contribution in [0.3, 0.4) is 0 Å². The van der Waals surface area contributed by atoms with Gasteiger partial charge in [-0.25, -0.2) is 0 Å². The molecule has 2 amide bonds. The second kappa shape index (κ2) is 13.0. The second-order valence-corrected chi connectivity index (χ2v) is 9.04. The minimum absolute atomic E-state index is 0.0733. The minimum atomic E-state index is -0.619. The third-order valence-electron chi connectivity index (χ3n) is 5.97. The SMILES string of the molecule is CCCCNC(=O)C(Cc1ccccc1)N(Cc1ccc(Cl)cc1)C(=O)Cc1ccccc1C. The van der Waals surface area contributed by atoms with Gasteiger partial charge in [-0.2, -0.15) is 0 Å². The van der Waals surface area contributed by atoms with E-state index in [1.54, 1.807) is 4.90 Å². The summed E-state index contributed by atoms with van der Waals surface area (Å²) < 4.78 is 0. The first kappa shape index (κ1) is 25.5. The topological polar surface area (TPSA) is 49.4 Å². The highest BCUT2D eigenvalue weighted by Gasteiger charge is 2.30. The van der Waals surface area contributed by atoms with Crippen LogP contribution in [-0.4, -0.2) is 29.3 Å². The van der Waals surface area contributed by atoms with Gasteiger partial charge in [-0.3, -0.25) is 9.59 Å². The van der Waals surface area contributed by atoms with Gasteiger partial charge in [-0.15, -0.1) is 0 Å². The maximum absolute atomic E-state index is 13.7. The van der Waals surface area contributed by atoms with Gasteiger partial charge in [0.05, 0.1) is 6.42 Å². The Morgan fingerprint density at radius 3 is 2.26 bits per heavy atom. The van der Waals surface area contributed by atoms with Gasteiger partial charge in [-0.1, -0.05) is 91.7 Å². The Morgan fingerprint density at radius 1 is 0.912 bits per heavy atom. The standard InChI is InChI=1S/C29H33ClN2O2/c1-3-4-18-31-29(34)27(19-23-11-6-5-7-12-23)32(21-24-14-16-26(30)17-15-24)28(33)20-25-13-9-8-10-22(25)2/h5-17,27H,3-4,18-21H2,1-2H3,(H,31,34). The number of nitrogens with one attached hydrogen (secondary N) is 1. The Hall–Kier alpha value is -3.11. The second-order valence-electron chi connectivity index (χ2n) is 8.60. The summed E-state index contributed by atoms with van der Waals surface area (Å²) in [5.41, 5.74) is 3.98. The lowest BCUT2D eigenvalue weighted by molar-refractivity contribution is -0.140. The number of carbonyl (C=O) groups is 2. The van der Waals surface area contributed by atoms with E-state index in [1.807, 2.05) is 85.8 Å². The molecule has 1 N–H and O–H groups in total. The van der Waals surface area contributed by atoms with Crippen LogP contribution in [-0.2, 0) is 29.0 Å². The normalized spacial score (nSPS) is 11.6. The third kappa shape index (κ3) is 7.46. The van der Waals surface area contributed by atoms with Crippen molar-refractivity contribution < 1.29 is 9.59 Å². The lowest BCUT2D eigenvalue weighted by atomic mass is 10.00. The highest BCUT2D eigenvalue weighted by Crippen LogP contribution is 2.19. The quantitative estimate of drug-likeness (QED) is 0.358. The fourth-order valence-electron chi connectivity index (χ4n) is 3.92. The molecular formula is C29H33ClN2O2. The predicted molar refractivity (Wildman–Crippen MR) is 139 cm³/mol. The molecule has 0 aromatic heterocycles. The van der Waals surface area contributed by atoms with Crippen LogP contribution in [0, 0.1) is 6.92 Å². The molecule has 0 heterocycles. The van der Waals surface area contributed by atoms with E-state index in [1.165, 1.54) is 0 Å². The Bertz CT molecular complexity index is 1070. The molecule has 178 valence electrons. The van der Waals surface area contributed by atoms with Gasteiger partial charge in [0.2, 0.25) is 11.8 Å². The average molecular weight is 477 g/mol. The summed E-state index contributed by atoms with van der Waals surface area (Å²) in [6.45, 7) is 5.03. The molecule has 3 rings (SSSR count). The lowest BCUT2D eigenvalue weighted by Gasteiger charge is -2.32. The molecule has 4 nitrogen and oxygen atoms in total. The molecular weight excluding hydrogens is 444 g/mol. The highest BCUT2D eigenvalue weighted by molar-refractivity contribution is 6.30. The number of amides is 2. The monoisotopic (exact) mass is 476 g/mol. The summed E-state index contributed by atoms with van der Waals surface area (Å²) in [5.74, 6) is -0.194. The summed E-state index contributed by atoms with van der Waals surface area (Å²) in [4.78, 5) is 28.9. The summed E-state index contributed by atoms with van der Waals surface area (Å²) in [5, 5.41) is 3.69. The van der Waals surface area contributed by atoms with Crippen molar-refractivity contribution in [2.75, 3.05) is 6.54 Å². The fourth-order valence-corrected chi connectivity index (χ4v) is 4.05. The number of hydrogen-bond donors (Lipinski definition) is 1. The number of benzene rings is 3. The maximum Gasteiger partial charge on any atom is 0.243 e. The zero-order valence-corrected chi connectivity index (χ0v) is 20.7. The molecule has 0 saturated carbocycles. The van der Waals surface area contributed by atoms with Crippen molar-refractivity contribution in [1.29, 1.82) is 0 Å². The van der Waals surface area contributed by atoms with E-state index < -0.39 is 6.04 Å². The number of hydrogen-bond acceptors (Lipinski definition) is 2. The van der Waals surface area contributed by atoms with Crippen LogP contribution in [0.4, 0.5) is 0 Å². The number of unbranched alkanes of at least 4 members (excludes halogenated alkanes) is 1. The average Bonchev–Trinajstić information content (AvgIpc) is 2.84. The molecule has 3 aromatic carbocycles. The third-order valence-corrected chi connectivity index (χ3v) is 6.22. The van der Waals surface area contributed by atoms with Crippen LogP contribution in [0.15, 0.2) is 78.9 Å². The van der Waals surface area contributed by atoms with E-state index in [-0.39, 0.29) is 18.2 Å². The smallest absolute Gasteiger partial charge is 0.243 e. The number of rotatable bonds is 11. The van der Waals surface area contributed by atoms with Crippen molar-refractivity contribution in [3.8, 4) is 0 Å². The molecule has 0 saturated heterocycles. The van der Waals surface area contributed by atoms with E-state index in [0.717, 1.165) is 35.1 Å². The molecule has 0 radical (unpaired) electrons. The van der Waals surface area contributed by atoms with Crippen LogP contribution in [0.2, 0.25) is 5.02 Å². The molecule has 0 fully saturated rings. The van der Waals surface area contributed by atoms with E-state index in [9.17, 15) is 9.59 Å². The molecule has 3 aromatic rings. The highest BCUT2D eigenvalue weighted by atomic mass is 35.5. The zero-order chi connectivity index (χ0) is 24.3. The first-order valence-corrected chi connectivity index (χ1v) is 12.3. The molecule has 0 aliphatic rings. The molecule has 0 bridgehead atoms. The number of aryl methyl sites for hydroxylation is 1. The number of carbonyl (C=O) groups excluding carboxylic acids is 2. The molecule has 5 heteroatoms. The van der Waals surface area contributed by atoms with Crippen LogP contribution in [0.1, 0.15) is 42.0 Å². The molecule has 1 unspecified atom stereocenters. The van der Waals surface area contributed by atoms with Crippen molar-refractivity contribution >= 4 is 23.4 Å². The Kier molecular flexibility index (Phi) is 9.72. The van der Waals surface area contributed by atoms with Crippen molar-refractivity contribution in [2.45, 2.75) is 52.1 Å². The maximum atomic E-state index is 13.7. The van der Waals surface area contributed by atoms with Gasteiger partial charge in [-0.05, 0) is 47.7 Å². The van der Waals surface area contributed by atoms with Gasteiger partial charge < -0.3 is 10.2 Å². The fraction of sp³-hybridized carbons (Fsp3) is 0.310. The minimum Gasteiger partial charge on any atom is -0.354 e. The molecule has 34 heavy (non-hydrogen) atoms. The van der Waals surface area contributed by atoms with E-state index in [0.29, 0.717) is 24.5 Å². The zero-order valence-electron chi connectivity index (χ0n) is 20.0. The van der Waals surface area contributed by atoms with Crippen LogP contribution in [0.5, 0.6) is 0 Å². The molecule has 0 aliphatic carbocycles. The van der Waals surface area contributed by atoms with Crippen molar-refractivity contribution in [2.24, 2.45) is 0 Å². The van der Waals surface area contributed by atoms with Gasteiger partial charge in [0.25, 0.3) is 0 Å². The van der Waals surface area contributed by atoms with Gasteiger partial charge in [0.1, 0.15) is 6.04 Å². The van der Waals surface area contributed by atoms with Gasteiger partial charge in [0.15, 0.2) is 0 Å². The van der Waals surface area contributed by atoms with Crippen LogP contribution < -0.4 is 5.32 Å². The Morgan fingerprint density at radius 2 is 1.59 bits per heavy atom. The number of nitrogens with zero attached hydrogens (tertiary/aromatic N) is 1. The first-order valence-electron chi connectivity index (χ1n) is 11.9. The molecule has 0 spiro atoms.